The van der Waals surface area contributed by atoms with Gasteiger partial charge in [0.25, 0.3) is 0 Å². The second-order valence-electron chi connectivity index (χ2n) is 10.8. The molecule has 1 aliphatic heterocycles. The standard InChI is InChI=1S/C37H35NO7/c39-36(31-21-20-29-18-10-11-19-30(29)38-31)44-25-32(41-22-26-12-4-1-5-13-26)33-34(42-23-27-14-6-2-7-15-27)35(37(40)45-33)43-24-28-16-8-3-9-17-28/h1-21,32-35,37,40H,22-25H2/t32-,33-,34-,35+,37?/m0/s1. The first-order valence-corrected chi connectivity index (χ1v) is 15.0. The third kappa shape index (κ3) is 7.99. The lowest BCUT2D eigenvalue weighted by atomic mass is 10.0. The van der Waals surface area contributed by atoms with Crippen molar-refractivity contribution in [3.8, 4) is 0 Å². The molecule has 0 aliphatic carbocycles. The van der Waals surface area contributed by atoms with Crippen molar-refractivity contribution in [2.24, 2.45) is 0 Å². The van der Waals surface area contributed by atoms with Crippen LogP contribution in [0.15, 0.2) is 127 Å². The van der Waals surface area contributed by atoms with E-state index in [2.05, 4.69) is 4.98 Å². The summed E-state index contributed by atoms with van der Waals surface area (Å²) in [5.74, 6) is -0.591. The summed E-state index contributed by atoms with van der Waals surface area (Å²) < 4.78 is 30.8. The van der Waals surface area contributed by atoms with Crippen molar-refractivity contribution in [1.29, 1.82) is 0 Å². The van der Waals surface area contributed by atoms with Crippen LogP contribution in [-0.4, -0.2) is 53.4 Å². The first kappa shape index (κ1) is 30.6. The third-order valence-corrected chi connectivity index (χ3v) is 7.66. The maximum absolute atomic E-state index is 13.2. The lowest BCUT2D eigenvalue weighted by molar-refractivity contribution is -0.170. The summed E-state index contributed by atoms with van der Waals surface area (Å²) in [7, 11) is 0. The summed E-state index contributed by atoms with van der Waals surface area (Å²) in [4.78, 5) is 17.6. The van der Waals surface area contributed by atoms with E-state index in [0.717, 1.165) is 22.1 Å². The molecule has 0 bridgehead atoms. The molecule has 1 unspecified atom stereocenters. The predicted molar refractivity (Wildman–Crippen MR) is 168 cm³/mol. The molecule has 1 aliphatic rings. The number of pyridine rings is 1. The second kappa shape index (κ2) is 15.0. The fourth-order valence-corrected chi connectivity index (χ4v) is 5.29. The highest BCUT2D eigenvalue weighted by molar-refractivity contribution is 5.91. The zero-order chi connectivity index (χ0) is 30.8. The highest BCUT2D eigenvalue weighted by Gasteiger charge is 2.50. The van der Waals surface area contributed by atoms with E-state index in [0.29, 0.717) is 5.52 Å². The van der Waals surface area contributed by atoms with Crippen LogP contribution in [-0.2, 0) is 43.5 Å². The Morgan fingerprint density at radius 3 is 1.89 bits per heavy atom. The van der Waals surface area contributed by atoms with Gasteiger partial charge >= 0.3 is 5.97 Å². The zero-order valence-corrected chi connectivity index (χ0v) is 24.7. The average Bonchev–Trinajstić information content (AvgIpc) is 3.41. The van der Waals surface area contributed by atoms with E-state index in [1.54, 1.807) is 6.07 Å². The summed E-state index contributed by atoms with van der Waals surface area (Å²) in [6, 6.07) is 40.1. The Bertz CT molecular complexity index is 1650. The molecule has 5 aromatic rings. The molecular formula is C37H35NO7. The van der Waals surface area contributed by atoms with Gasteiger partial charge in [-0.25, -0.2) is 9.78 Å². The first-order valence-electron chi connectivity index (χ1n) is 15.0. The van der Waals surface area contributed by atoms with Crippen molar-refractivity contribution in [3.05, 3.63) is 150 Å². The Balaban J connectivity index is 1.22. The predicted octanol–water partition coefficient (Wildman–Crippen LogP) is 5.87. The van der Waals surface area contributed by atoms with E-state index in [1.165, 1.54) is 0 Å². The van der Waals surface area contributed by atoms with Gasteiger partial charge in [0.2, 0.25) is 0 Å². The van der Waals surface area contributed by atoms with Gasteiger partial charge in [0, 0.05) is 5.39 Å². The maximum Gasteiger partial charge on any atom is 0.357 e. The normalized spacial score (nSPS) is 20.2. The lowest BCUT2D eigenvalue weighted by Crippen LogP contribution is -2.45. The van der Waals surface area contributed by atoms with E-state index in [9.17, 15) is 9.90 Å². The molecular weight excluding hydrogens is 570 g/mol. The minimum atomic E-state index is -1.29. The SMILES string of the molecule is O=C(OC[C@H](OCc1ccccc1)[C@@H]1OC(O)[C@H](OCc2ccccc2)[C@H]1OCc1ccccc1)c1ccc2ccccc2n1. The maximum atomic E-state index is 13.2. The number of hydrogen-bond donors (Lipinski definition) is 1. The number of esters is 1. The summed E-state index contributed by atoms with van der Waals surface area (Å²) >= 11 is 0. The second-order valence-corrected chi connectivity index (χ2v) is 10.8. The fourth-order valence-electron chi connectivity index (χ4n) is 5.29. The smallest absolute Gasteiger partial charge is 0.357 e. The quantitative estimate of drug-likeness (QED) is 0.167. The highest BCUT2D eigenvalue weighted by Crippen LogP contribution is 2.31. The number of hydrogen-bond acceptors (Lipinski definition) is 8. The van der Waals surface area contributed by atoms with Gasteiger partial charge in [-0.3, -0.25) is 0 Å². The average molecular weight is 606 g/mol. The summed E-state index contributed by atoms with van der Waals surface area (Å²) in [6.07, 6.45) is -4.46. The number of fused-ring (bicyclic) bond motifs is 1. The Hall–Kier alpha value is -4.44. The molecule has 1 fully saturated rings. The van der Waals surface area contributed by atoms with Crippen molar-refractivity contribution in [3.63, 3.8) is 0 Å². The minimum Gasteiger partial charge on any atom is -0.458 e. The van der Waals surface area contributed by atoms with Gasteiger partial charge in [0.1, 0.15) is 36.7 Å². The molecule has 1 aromatic heterocycles. The molecule has 45 heavy (non-hydrogen) atoms. The van der Waals surface area contributed by atoms with Crippen molar-refractivity contribution < 1.29 is 33.6 Å². The van der Waals surface area contributed by atoms with Crippen LogP contribution in [0.2, 0.25) is 0 Å². The molecule has 230 valence electrons. The molecule has 0 spiro atoms. The number of para-hydroxylation sites is 1. The number of carbonyl (C=O) groups excluding carboxylic acids is 1. The number of carbonyl (C=O) groups is 1. The van der Waals surface area contributed by atoms with Gasteiger partial charge in [-0.2, -0.15) is 0 Å². The number of nitrogens with zero attached hydrogens (tertiary/aromatic N) is 1. The van der Waals surface area contributed by atoms with Crippen molar-refractivity contribution in [2.75, 3.05) is 6.61 Å². The molecule has 1 saturated heterocycles. The molecule has 0 amide bonds. The Kier molecular flexibility index (Phi) is 10.2. The molecule has 1 N–H and O–H groups in total. The zero-order valence-electron chi connectivity index (χ0n) is 24.7. The summed E-state index contributed by atoms with van der Waals surface area (Å²) in [5, 5.41) is 12.0. The number of benzene rings is 4. The molecule has 8 nitrogen and oxygen atoms in total. The number of aliphatic hydroxyl groups is 1. The van der Waals surface area contributed by atoms with Crippen LogP contribution in [0.25, 0.3) is 10.9 Å². The fraction of sp³-hybridized carbons (Fsp3) is 0.243. The Labute approximate surface area is 262 Å². The molecule has 4 aromatic carbocycles. The summed E-state index contributed by atoms with van der Waals surface area (Å²) in [6.45, 7) is 0.583. The van der Waals surface area contributed by atoms with Gasteiger partial charge < -0.3 is 28.8 Å². The van der Waals surface area contributed by atoms with Crippen LogP contribution in [0.4, 0.5) is 0 Å². The van der Waals surface area contributed by atoms with Crippen molar-refractivity contribution >= 4 is 16.9 Å². The van der Waals surface area contributed by atoms with E-state index >= 15 is 0 Å². The monoisotopic (exact) mass is 605 g/mol. The van der Waals surface area contributed by atoms with Crippen LogP contribution in [0.5, 0.6) is 0 Å². The van der Waals surface area contributed by atoms with Gasteiger partial charge in [-0.15, -0.1) is 0 Å². The first-order chi connectivity index (χ1) is 22.1. The van der Waals surface area contributed by atoms with E-state index in [4.69, 9.17) is 23.7 Å². The molecule has 0 saturated carbocycles. The van der Waals surface area contributed by atoms with Crippen molar-refractivity contribution in [1.82, 2.24) is 4.98 Å². The molecule has 6 rings (SSSR count). The Morgan fingerprint density at radius 2 is 1.24 bits per heavy atom. The number of aliphatic hydroxyl groups excluding tert-OH is 1. The van der Waals surface area contributed by atoms with Gasteiger partial charge in [-0.05, 0) is 28.8 Å². The van der Waals surface area contributed by atoms with Crippen LogP contribution < -0.4 is 0 Å². The Morgan fingerprint density at radius 1 is 0.689 bits per heavy atom. The minimum absolute atomic E-state index is 0.159. The topological polar surface area (TPSA) is 96.3 Å². The van der Waals surface area contributed by atoms with E-state index in [1.807, 2.05) is 121 Å². The van der Waals surface area contributed by atoms with E-state index < -0.39 is 36.7 Å². The molecule has 8 heteroatoms. The number of aromatic nitrogens is 1. The van der Waals surface area contributed by atoms with Crippen LogP contribution in [0.1, 0.15) is 27.2 Å². The van der Waals surface area contributed by atoms with Crippen molar-refractivity contribution in [2.45, 2.75) is 50.5 Å². The highest BCUT2D eigenvalue weighted by atomic mass is 16.7. The van der Waals surface area contributed by atoms with E-state index in [-0.39, 0.29) is 32.1 Å². The van der Waals surface area contributed by atoms with Crippen LogP contribution >= 0.6 is 0 Å². The summed E-state index contributed by atoms with van der Waals surface area (Å²) in [5.41, 5.74) is 3.71. The van der Waals surface area contributed by atoms with Gasteiger partial charge in [0.05, 0.1) is 25.3 Å². The van der Waals surface area contributed by atoms with Gasteiger partial charge in [0.15, 0.2) is 6.29 Å². The number of ether oxygens (including phenoxy) is 5. The molecule has 5 atom stereocenters. The lowest BCUT2D eigenvalue weighted by Gasteiger charge is -2.29. The molecule has 0 radical (unpaired) electrons. The van der Waals surface area contributed by atoms with Crippen LogP contribution in [0, 0.1) is 0 Å². The third-order valence-electron chi connectivity index (χ3n) is 7.66. The molecule has 2 heterocycles. The number of rotatable bonds is 13. The van der Waals surface area contributed by atoms with Crippen LogP contribution in [0.3, 0.4) is 0 Å². The van der Waals surface area contributed by atoms with Gasteiger partial charge in [-0.1, -0.05) is 115 Å². The largest absolute Gasteiger partial charge is 0.458 e.